The molecular weight excluding hydrogens is 361 g/mol. The Kier molecular flexibility index (Phi) is 3.83. The van der Waals surface area contributed by atoms with Gasteiger partial charge in [0.1, 0.15) is 5.69 Å². The molecule has 2 aromatic carbocycles. The van der Waals surface area contributed by atoms with Gasteiger partial charge in [-0.1, -0.05) is 40.5 Å². The summed E-state index contributed by atoms with van der Waals surface area (Å²) in [6.07, 6.45) is 0. The molecule has 5 heteroatoms. The molecule has 0 saturated heterocycles. The fraction of sp³-hybridized carbons (Fsp3) is 0. The summed E-state index contributed by atoms with van der Waals surface area (Å²) in [7, 11) is 0. The molecule has 0 fully saturated rings. The van der Waals surface area contributed by atoms with Crippen LogP contribution in [0.15, 0.2) is 57.5 Å². The Labute approximate surface area is 134 Å². The maximum atomic E-state index is 5.89. The zero-order valence-electron chi connectivity index (χ0n) is 10.1. The summed E-state index contributed by atoms with van der Waals surface area (Å²) < 4.78 is 6.24. The third-order valence-electron chi connectivity index (χ3n) is 2.86. The van der Waals surface area contributed by atoms with Crippen LogP contribution in [-0.4, -0.2) is 5.16 Å². The summed E-state index contributed by atoms with van der Waals surface area (Å²) in [5.41, 5.74) is 2.59. The first-order chi connectivity index (χ1) is 9.65. The molecule has 0 N–H and O–H groups in total. The van der Waals surface area contributed by atoms with Gasteiger partial charge in [0.25, 0.3) is 0 Å². The van der Waals surface area contributed by atoms with Crippen LogP contribution in [0.4, 0.5) is 0 Å². The Morgan fingerprint density at radius 2 is 1.30 bits per heavy atom. The first kappa shape index (κ1) is 13.7. The number of halogens is 3. The zero-order valence-corrected chi connectivity index (χ0v) is 13.2. The Hall–Kier alpha value is -1.29. The van der Waals surface area contributed by atoms with E-state index in [0.717, 1.165) is 21.3 Å². The molecule has 100 valence electrons. The van der Waals surface area contributed by atoms with Gasteiger partial charge in [-0.15, -0.1) is 0 Å². The minimum absolute atomic E-state index is 0.673. The molecule has 3 rings (SSSR count). The van der Waals surface area contributed by atoms with Crippen molar-refractivity contribution in [2.45, 2.75) is 0 Å². The van der Waals surface area contributed by atoms with Crippen molar-refractivity contribution in [1.82, 2.24) is 5.16 Å². The second kappa shape index (κ2) is 5.60. The number of hydrogen-bond donors (Lipinski definition) is 0. The first-order valence-corrected chi connectivity index (χ1v) is 7.37. The number of aromatic nitrogens is 1. The minimum atomic E-state index is 0.673. The molecule has 0 bridgehead atoms. The molecule has 0 radical (unpaired) electrons. The van der Waals surface area contributed by atoms with Gasteiger partial charge in [-0.05, 0) is 52.3 Å². The first-order valence-electron chi connectivity index (χ1n) is 5.82. The van der Waals surface area contributed by atoms with E-state index in [1.807, 2.05) is 48.5 Å². The Balaban J connectivity index is 2.04. The molecule has 0 unspecified atom stereocenters. The van der Waals surface area contributed by atoms with Gasteiger partial charge in [-0.25, -0.2) is 0 Å². The van der Waals surface area contributed by atoms with Gasteiger partial charge in [0, 0.05) is 21.2 Å². The van der Waals surface area contributed by atoms with Gasteiger partial charge in [0.15, 0.2) is 5.76 Å². The number of benzene rings is 2. The lowest BCUT2D eigenvalue weighted by Crippen LogP contribution is -1.78. The summed E-state index contributed by atoms with van der Waals surface area (Å²) in [4.78, 5) is 0. The summed E-state index contributed by atoms with van der Waals surface area (Å²) >= 11 is 15.3. The average molecular weight is 369 g/mol. The highest BCUT2D eigenvalue weighted by atomic mass is 79.9. The van der Waals surface area contributed by atoms with Crippen LogP contribution in [0, 0.1) is 0 Å². The second-order valence-electron chi connectivity index (χ2n) is 4.19. The van der Waals surface area contributed by atoms with E-state index in [9.17, 15) is 0 Å². The van der Waals surface area contributed by atoms with Gasteiger partial charge in [-0.2, -0.15) is 0 Å². The van der Waals surface area contributed by atoms with Crippen LogP contribution < -0.4 is 0 Å². The molecule has 0 aliphatic heterocycles. The predicted octanol–water partition coefficient (Wildman–Crippen LogP) is 6.08. The number of hydrogen-bond acceptors (Lipinski definition) is 2. The standard InChI is InChI=1S/C15H8BrCl2NO/c16-13-14(9-1-5-11(17)6-2-9)19-20-15(13)10-3-7-12(18)8-4-10/h1-8H. The average Bonchev–Trinajstić information content (AvgIpc) is 2.83. The highest BCUT2D eigenvalue weighted by Gasteiger charge is 2.16. The highest BCUT2D eigenvalue weighted by Crippen LogP contribution is 2.37. The van der Waals surface area contributed by atoms with Crippen LogP contribution in [0.5, 0.6) is 0 Å². The van der Waals surface area contributed by atoms with Crippen molar-refractivity contribution < 1.29 is 4.52 Å². The number of rotatable bonds is 2. The van der Waals surface area contributed by atoms with E-state index in [4.69, 9.17) is 27.7 Å². The topological polar surface area (TPSA) is 26.0 Å². The van der Waals surface area contributed by atoms with E-state index in [0.29, 0.717) is 15.8 Å². The smallest absolute Gasteiger partial charge is 0.181 e. The quantitative estimate of drug-likeness (QED) is 0.547. The van der Waals surface area contributed by atoms with Gasteiger partial charge in [0.2, 0.25) is 0 Å². The molecule has 2 nitrogen and oxygen atoms in total. The number of nitrogens with zero attached hydrogens (tertiary/aromatic N) is 1. The van der Waals surface area contributed by atoms with Gasteiger partial charge in [-0.3, -0.25) is 0 Å². The van der Waals surface area contributed by atoms with Crippen molar-refractivity contribution in [3.8, 4) is 22.6 Å². The Morgan fingerprint density at radius 3 is 1.85 bits per heavy atom. The molecule has 1 aromatic heterocycles. The molecule has 0 saturated carbocycles. The maximum absolute atomic E-state index is 5.89. The molecule has 1 heterocycles. The second-order valence-corrected chi connectivity index (χ2v) is 5.85. The van der Waals surface area contributed by atoms with Crippen LogP contribution in [-0.2, 0) is 0 Å². The largest absolute Gasteiger partial charge is 0.354 e. The van der Waals surface area contributed by atoms with Crippen LogP contribution in [0.25, 0.3) is 22.6 Å². The third-order valence-corrected chi connectivity index (χ3v) is 4.10. The molecule has 0 aliphatic rings. The zero-order chi connectivity index (χ0) is 14.1. The summed E-state index contributed by atoms with van der Waals surface area (Å²) in [5.74, 6) is 0.673. The van der Waals surface area contributed by atoms with Crippen molar-refractivity contribution >= 4 is 39.1 Å². The third kappa shape index (κ3) is 2.62. The fourth-order valence-electron chi connectivity index (χ4n) is 1.85. The predicted molar refractivity (Wildman–Crippen MR) is 85.1 cm³/mol. The van der Waals surface area contributed by atoms with Crippen molar-refractivity contribution in [2.75, 3.05) is 0 Å². The summed E-state index contributed by atoms with van der Waals surface area (Å²) in [5, 5.41) is 5.49. The molecule has 3 aromatic rings. The lowest BCUT2D eigenvalue weighted by molar-refractivity contribution is 0.434. The molecule has 0 amide bonds. The van der Waals surface area contributed by atoms with E-state index in [-0.39, 0.29) is 0 Å². The molecule has 0 spiro atoms. The fourth-order valence-corrected chi connectivity index (χ4v) is 2.70. The molecular formula is C15H8BrCl2NO. The summed E-state index contributed by atoms with van der Waals surface area (Å²) in [6, 6.07) is 14.8. The lowest BCUT2D eigenvalue weighted by Gasteiger charge is -1.98. The van der Waals surface area contributed by atoms with Crippen LogP contribution in [0.1, 0.15) is 0 Å². The normalized spacial score (nSPS) is 10.8. The van der Waals surface area contributed by atoms with Crippen molar-refractivity contribution in [3.63, 3.8) is 0 Å². The van der Waals surface area contributed by atoms with E-state index in [1.165, 1.54) is 0 Å². The Morgan fingerprint density at radius 1 is 0.800 bits per heavy atom. The summed E-state index contributed by atoms with van der Waals surface area (Å²) in [6.45, 7) is 0. The van der Waals surface area contributed by atoms with Crippen molar-refractivity contribution in [3.05, 3.63) is 63.0 Å². The van der Waals surface area contributed by atoms with Gasteiger partial charge in [0.05, 0.1) is 4.47 Å². The molecule has 20 heavy (non-hydrogen) atoms. The van der Waals surface area contributed by atoms with E-state index < -0.39 is 0 Å². The maximum Gasteiger partial charge on any atom is 0.181 e. The molecule has 0 atom stereocenters. The molecule has 0 aliphatic carbocycles. The SMILES string of the molecule is Clc1ccc(-c2noc(-c3ccc(Cl)cc3)c2Br)cc1. The minimum Gasteiger partial charge on any atom is -0.354 e. The van der Waals surface area contributed by atoms with Crippen LogP contribution in [0.3, 0.4) is 0 Å². The Bertz CT molecular complexity index is 673. The van der Waals surface area contributed by atoms with Crippen molar-refractivity contribution in [1.29, 1.82) is 0 Å². The lowest BCUT2D eigenvalue weighted by atomic mass is 10.1. The van der Waals surface area contributed by atoms with Crippen LogP contribution in [0.2, 0.25) is 10.0 Å². The van der Waals surface area contributed by atoms with E-state index in [2.05, 4.69) is 21.1 Å². The highest BCUT2D eigenvalue weighted by molar-refractivity contribution is 9.10. The van der Waals surface area contributed by atoms with Crippen molar-refractivity contribution in [2.24, 2.45) is 0 Å². The van der Waals surface area contributed by atoms with Crippen LogP contribution >= 0.6 is 39.1 Å². The van der Waals surface area contributed by atoms with Gasteiger partial charge < -0.3 is 4.52 Å². The van der Waals surface area contributed by atoms with E-state index in [1.54, 1.807) is 0 Å². The van der Waals surface area contributed by atoms with E-state index >= 15 is 0 Å². The van der Waals surface area contributed by atoms with Gasteiger partial charge >= 0.3 is 0 Å². The monoisotopic (exact) mass is 367 g/mol.